The highest BCUT2D eigenvalue weighted by atomic mass is 79.9. The molecule has 0 heterocycles. The SMILES string of the molecule is Cc1ccc(C(Br)c2ccc(F)cc2Cl)c2ccccc12. The second-order valence-electron chi connectivity index (χ2n) is 5.05. The van der Waals surface area contributed by atoms with Crippen molar-refractivity contribution in [2.24, 2.45) is 0 Å². The Kier molecular flexibility index (Phi) is 4.01. The van der Waals surface area contributed by atoms with Crippen molar-refractivity contribution < 1.29 is 4.39 Å². The first-order valence-corrected chi connectivity index (χ1v) is 7.94. The highest BCUT2D eigenvalue weighted by molar-refractivity contribution is 9.09. The van der Waals surface area contributed by atoms with Crippen molar-refractivity contribution in [1.29, 1.82) is 0 Å². The number of aryl methyl sites for hydroxylation is 1. The molecule has 0 radical (unpaired) electrons. The molecule has 0 fully saturated rings. The summed E-state index contributed by atoms with van der Waals surface area (Å²) in [6, 6.07) is 17.0. The molecule has 3 rings (SSSR count). The molecule has 0 saturated heterocycles. The van der Waals surface area contributed by atoms with Crippen molar-refractivity contribution in [1.82, 2.24) is 0 Å². The third-order valence-corrected chi connectivity index (χ3v) is 5.00. The van der Waals surface area contributed by atoms with Gasteiger partial charge in [-0.1, -0.05) is 70.0 Å². The predicted molar refractivity (Wildman–Crippen MR) is 90.9 cm³/mol. The Labute approximate surface area is 136 Å². The van der Waals surface area contributed by atoms with Crippen LogP contribution in [0.1, 0.15) is 21.5 Å². The lowest BCUT2D eigenvalue weighted by molar-refractivity contribution is 0.627. The molecule has 0 aliphatic rings. The molecule has 0 saturated carbocycles. The second-order valence-corrected chi connectivity index (χ2v) is 6.37. The average molecular weight is 364 g/mol. The van der Waals surface area contributed by atoms with E-state index < -0.39 is 0 Å². The van der Waals surface area contributed by atoms with Gasteiger partial charge in [0.15, 0.2) is 0 Å². The molecular weight excluding hydrogens is 351 g/mol. The minimum Gasteiger partial charge on any atom is -0.207 e. The first kappa shape index (κ1) is 14.6. The molecule has 0 amide bonds. The van der Waals surface area contributed by atoms with E-state index in [1.807, 2.05) is 12.1 Å². The lowest BCUT2D eigenvalue weighted by atomic mass is 9.96. The lowest BCUT2D eigenvalue weighted by Gasteiger charge is -2.16. The number of rotatable bonds is 2. The van der Waals surface area contributed by atoms with Crippen LogP contribution in [0.2, 0.25) is 5.02 Å². The summed E-state index contributed by atoms with van der Waals surface area (Å²) in [7, 11) is 0. The summed E-state index contributed by atoms with van der Waals surface area (Å²) in [5.41, 5.74) is 3.23. The maximum Gasteiger partial charge on any atom is 0.124 e. The average Bonchev–Trinajstić information content (AvgIpc) is 2.47. The Morgan fingerprint density at radius 1 is 0.952 bits per heavy atom. The van der Waals surface area contributed by atoms with Gasteiger partial charge >= 0.3 is 0 Å². The molecule has 3 aromatic carbocycles. The zero-order valence-corrected chi connectivity index (χ0v) is 13.7. The van der Waals surface area contributed by atoms with E-state index in [4.69, 9.17) is 11.6 Å². The standard InChI is InChI=1S/C18H13BrClF/c1-11-6-8-15(14-5-3-2-4-13(11)14)18(19)16-9-7-12(21)10-17(16)20/h2-10,18H,1H3. The fourth-order valence-corrected chi connectivity index (χ4v) is 3.78. The van der Waals surface area contributed by atoms with E-state index in [9.17, 15) is 4.39 Å². The molecular formula is C18H13BrClF. The molecule has 0 bridgehead atoms. The van der Waals surface area contributed by atoms with Gasteiger partial charge in [0.2, 0.25) is 0 Å². The quantitative estimate of drug-likeness (QED) is 0.460. The third kappa shape index (κ3) is 2.70. The molecule has 0 spiro atoms. The van der Waals surface area contributed by atoms with Gasteiger partial charge in [-0.2, -0.15) is 0 Å². The molecule has 3 aromatic rings. The van der Waals surface area contributed by atoms with Gasteiger partial charge in [0.25, 0.3) is 0 Å². The van der Waals surface area contributed by atoms with Gasteiger partial charge < -0.3 is 0 Å². The van der Waals surface area contributed by atoms with Crippen LogP contribution in [0.15, 0.2) is 54.6 Å². The van der Waals surface area contributed by atoms with Crippen LogP contribution in [0.3, 0.4) is 0 Å². The largest absolute Gasteiger partial charge is 0.207 e. The number of hydrogen-bond acceptors (Lipinski definition) is 0. The summed E-state index contributed by atoms with van der Waals surface area (Å²) in [6.07, 6.45) is 0. The van der Waals surface area contributed by atoms with Crippen molar-refractivity contribution in [3.8, 4) is 0 Å². The fraction of sp³-hybridized carbons (Fsp3) is 0.111. The smallest absolute Gasteiger partial charge is 0.124 e. The molecule has 0 nitrogen and oxygen atoms in total. The first-order valence-electron chi connectivity index (χ1n) is 6.65. The predicted octanol–water partition coefficient (Wildman–Crippen LogP) is 6.43. The summed E-state index contributed by atoms with van der Waals surface area (Å²) >= 11 is 9.90. The molecule has 106 valence electrons. The van der Waals surface area contributed by atoms with E-state index in [0.717, 1.165) is 11.1 Å². The Bertz CT molecular complexity index is 813. The summed E-state index contributed by atoms with van der Waals surface area (Å²) in [4.78, 5) is -0.0731. The third-order valence-electron chi connectivity index (χ3n) is 3.68. The molecule has 1 unspecified atom stereocenters. The molecule has 3 heteroatoms. The van der Waals surface area contributed by atoms with Crippen LogP contribution in [0, 0.1) is 12.7 Å². The van der Waals surface area contributed by atoms with E-state index in [1.54, 1.807) is 6.07 Å². The lowest BCUT2D eigenvalue weighted by Crippen LogP contribution is -1.96. The maximum atomic E-state index is 13.2. The van der Waals surface area contributed by atoms with Crippen LogP contribution in [0.25, 0.3) is 10.8 Å². The van der Waals surface area contributed by atoms with Crippen molar-refractivity contribution >= 4 is 38.3 Å². The van der Waals surface area contributed by atoms with Crippen LogP contribution in [0.5, 0.6) is 0 Å². The van der Waals surface area contributed by atoms with E-state index >= 15 is 0 Å². The monoisotopic (exact) mass is 362 g/mol. The highest BCUT2D eigenvalue weighted by Gasteiger charge is 2.17. The van der Waals surface area contributed by atoms with Crippen molar-refractivity contribution in [3.05, 3.63) is 82.1 Å². The normalized spacial score (nSPS) is 12.6. The minimum absolute atomic E-state index is 0.0731. The topological polar surface area (TPSA) is 0 Å². The minimum atomic E-state index is -0.322. The Morgan fingerprint density at radius 2 is 1.62 bits per heavy atom. The second kappa shape index (κ2) is 5.78. The molecule has 0 aromatic heterocycles. The van der Waals surface area contributed by atoms with E-state index in [-0.39, 0.29) is 10.6 Å². The Balaban J connectivity index is 2.18. The van der Waals surface area contributed by atoms with Crippen LogP contribution >= 0.6 is 27.5 Å². The number of halogens is 3. The van der Waals surface area contributed by atoms with Gasteiger partial charge in [0.1, 0.15) is 5.82 Å². The van der Waals surface area contributed by atoms with Gasteiger partial charge in [0, 0.05) is 5.02 Å². The van der Waals surface area contributed by atoms with Gasteiger partial charge in [0.05, 0.1) is 4.83 Å². The van der Waals surface area contributed by atoms with Gasteiger partial charge in [-0.15, -0.1) is 0 Å². The number of benzene rings is 3. The van der Waals surface area contributed by atoms with Gasteiger partial charge in [-0.3, -0.25) is 0 Å². The van der Waals surface area contributed by atoms with Crippen LogP contribution in [0.4, 0.5) is 4.39 Å². The van der Waals surface area contributed by atoms with E-state index in [0.29, 0.717) is 5.02 Å². The first-order chi connectivity index (χ1) is 10.1. The maximum absolute atomic E-state index is 13.2. The van der Waals surface area contributed by atoms with Crippen LogP contribution in [-0.2, 0) is 0 Å². The van der Waals surface area contributed by atoms with Gasteiger partial charge in [-0.05, 0) is 46.5 Å². The summed E-state index contributed by atoms with van der Waals surface area (Å²) in [5.74, 6) is -0.322. The summed E-state index contributed by atoms with van der Waals surface area (Å²) < 4.78 is 13.2. The molecule has 1 atom stereocenters. The highest BCUT2D eigenvalue weighted by Crippen LogP contribution is 2.39. The van der Waals surface area contributed by atoms with Crippen molar-refractivity contribution in [3.63, 3.8) is 0 Å². The Morgan fingerprint density at radius 3 is 2.33 bits per heavy atom. The van der Waals surface area contributed by atoms with Crippen LogP contribution < -0.4 is 0 Å². The summed E-state index contributed by atoms with van der Waals surface area (Å²) in [6.45, 7) is 2.10. The molecule has 0 aliphatic carbocycles. The zero-order chi connectivity index (χ0) is 15.0. The van der Waals surface area contributed by atoms with Crippen molar-refractivity contribution in [2.75, 3.05) is 0 Å². The number of alkyl halides is 1. The number of hydrogen-bond donors (Lipinski definition) is 0. The van der Waals surface area contributed by atoms with E-state index in [2.05, 4.69) is 47.1 Å². The van der Waals surface area contributed by atoms with Crippen molar-refractivity contribution in [2.45, 2.75) is 11.8 Å². The fourth-order valence-electron chi connectivity index (χ4n) is 2.57. The van der Waals surface area contributed by atoms with Gasteiger partial charge in [-0.25, -0.2) is 4.39 Å². The van der Waals surface area contributed by atoms with Crippen LogP contribution in [-0.4, -0.2) is 0 Å². The zero-order valence-electron chi connectivity index (χ0n) is 11.4. The number of fused-ring (bicyclic) bond motifs is 1. The Hall–Kier alpha value is -1.38. The van der Waals surface area contributed by atoms with E-state index in [1.165, 1.54) is 28.5 Å². The summed E-state index contributed by atoms with van der Waals surface area (Å²) in [5, 5.41) is 2.83. The molecule has 0 aliphatic heterocycles. The molecule has 21 heavy (non-hydrogen) atoms. The molecule has 0 N–H and O–H groups in total.